The molecule has 1 unspecified atom stereocenters. The fourth-order valence-corrected chi connectivity index (χ4v) is 1.98. The third-order valence-corrected chi connectivity index (χ3v) is 3.24. The Hall–Kier alpha value is -1.59. The van der Waals surface area contributed by atoms with Crippen LogP contribution in [0.2, 0.25) is 0 Å². The van der Waals surface area contributed by atoms with Gasteiger partial charge in [0.15, 0.2) is 5.84 Å². The number of hydrogen-bond donors (Lipinski definition) is 4. The van der Waals surface area contributed by atoms with E-state index in [4.69, 9.17) is 10.9 Å². The summed E-state index contributed by atoms with van der Waals surface area (Å²) < 4.78 is 0. The van der Waals surface area contributed by atoms with E-state index in [0.717, 1.165) is 18.4 Å². The Kier molecular flexibility index (Phi) is 4.17. The predicted molar refractivity (Wildman–Crippen MR) is 69.4 cm³/mol. The summed E-state index contributed by atoms with van der Waals surface area (Å²) in [4.78, 5) is 0. The summed E-state index contributed by atoms with van der Waals surface area (Å²) in [7, 11) is 0. The summed E-state index contributed by atoms with van der Waals surface area (Å²) in [5.41, 5.74) is 7.28. The summed E-state index contributed by atoms with van der Waals surface area (Å²) in [5.74, 6) is 0.576. The Morgan fingerprint density at radius 1 is 1.44 bits per heavy atom. The summed E-state index contributed by atoms with van der Waals surface area (Å²) in [6.45, 7) is 1.17. The van der Waals surface area contributed by atoms with E-state index in [1.807, 2.05) is 24.3 Å². The lowest BCUT2D eigenvalue weighted by Crippen LogP contribution is -2.28. The first-order chi connectivity index (χ1) is 8.72. The molecule has 1 aliphatic rings. The highest BCUT2D eigenvalue weighted by Crippen LogP contribution is 2.32. The van der Waals surface area contributed by atoms with E-state index < -0.39 is 0 Å². The maximum Gasteiger partial charge on any atom is 0.170 e. The third kappa shape index (κ3) is 3.21. The molecular formula is C13H19N3O2. The van der Waals surface area contributed by atoms with Crippen molar-refractivity contribution in [3.05, 3.63) is 35.4 Å². The largest absolute Gasteiger partial charge is 0.409 e. The van der Waals surface area contributed by atoms with Crippen LogP contribution in [0.5, 0.6) is 0 Å². The van der Waals surface area contributed by atoms with Gasteiger partial charge in [0, 0.05) is 18.7 Å². The number of nitrogens with two attached hydrogens (primary N) is 1. The molecule has 1 aromatic carbocycles. The van der Waals surface area contributed by atoms with Crippen LogP contribution in [-0.2, 0) is 6.54 Å². The van der Waals surface area contributed by atoms with Crippen LogP contribution in [0.4, 0.5) is 0 Å². The third-order valence-electron chi connectivity index (χ3n) is 3.24. The standard InChI is InChI=1S/C13H19N3O2/c14-13(16-18)11-4-2-1-3-10(11)7-15-8-12(17)9-5-6-9/h1-4,9,12,15,17-18H,5-8H2,(H2,14,16). The zero-order valence-electron chi connectivity index (χ0n) is 10.2. The molecule has 0 aliphatic heterocycles. The molecule has 0 spiro atoms. The van der Waals surface area contributed by atoms with Crippen molar-refractivity contribution in [1.29, 1.82) is 0 Å². The Morgan fingerprint density at radius 2 is 2.17 bits per heavy atom. The molecule has 0 heterocycles. The number of oxime groups is 1. The average molecular weight is 249 g/mol. The van der Waals surface area contributed by atoms with E-state index in [1.54, 1.807) is 0 Å². The van der Waals surface area contributed by atoms with Crippen LogP contribution in [0.25, 0.3) is 0 Å². The minimum absolute atomic E-state index is 0.107. The summed E-state index contributed by atoms with van der Waals surface area (Å²) >= 11 is 0. The van der Waals surface area contributed by atoms with Crippen LogP contribution in [0, 0.1) is 5.92 Å². The molecule has 0 radical (unpaired) electrons. The van der Waals surface area contributed by atoms with Crippen LogP contribution in [0.3, 0.4) is 0 Å². The van der Waals surface area contributed by atoms with Crippen molar-refractivity contribution in [3.8, 4) is 0 Å². The molecule has 0 bridgehead atoms. The van der Waals surface area contributed by atoms with Crippen molar-refractivity contribution < 1.29 is 10.3 Å². The molecule has 5 N–H and O–H groups in total. The van der Waals surface area contributed by atoms with Gasteiger partial charge >= 0.3 is 0 Å². The number of aliphatic hydroxyl groups is 1. The maximum absolute atomic E-state index is 9.74. The molecule has 0 saturated heterocycles. The lowest BCUT2D eigenvalue weighted by Gasteiger charge is -2.12. The van der Waals surface area contributed by atoms with Crippen molar-refractivity contribution in [3.63, 3.8) is 0 Å². The normalized spacial score (nSPS) is 17.7. The number of hydrogen-bond acceptors (Lipinski definition) is 4. The van der Waals surface area contributed by atoms with Gasteiger partial charge in [-0.05, 0) is 24.3 Å². The van der Waals surface area contributed by atoms with Crippen molar-refractivity contribution in [2.24, 2.45) is 16.8 Å². The molecule has 1 saturated carbocycles. The van der Waals surface area contributed by atoms with Gasteiger partial charge in [0.05, 0.1) is 6.10 Å². The zero-order chi connectivity index (χ0) is 13.0. The average Bonchev–Trinajstić information content (AvgIpc) is 3.22. The summed E-state index contributed by atoms with van der Waals surface area (Å²) in [5, 5.41) is 24.7. The second kappa shape index (κ2) is 5.84. The molecular weight excluding hydrogens is 230 g/mol. The van der Waals surface area contributed by atoms with Crippen molar-refractivity contribution in [1.82, 2.24) is 5.32 Å². The van der Waals surface area contributed by atoms with E-state index in [9.17, 15) is 5.11 Å². The second-order valence-corrected chi connectivity index (χ2v) is 4.68. The van der Waals surface area contributed by atoms with E-state index in [0.29, 0.717) is 24.6 Å². The van der Waals surface area contributed by atoms with Gasteiger partial charge in [-0.3, -0.25) is 0 Å². The smallest absolute Gasteiger partial charge is 0.170 e. The van der Waals surface area contributed by atoms with Gasteiger partial charge in [-0.2, -0.15) is 0 Å². The van der Waals surface area contributed by atoms with Gasteiger partial charge in [0.2, 0.25) is 0 Å². The van der Waals surface area contributed by atoms with Crippen LogP contribution in [0.1, 0.15) is 24.0 Å². The van der Waals surface area contributed by atoms with Gasteiger partial charge in [-0.1, -0.05) is 29.4 Å². The number of nitrogens with zero attached hydrogens (tertiary/aromatic N) is 1. The number of nitrogens with one attached hydrogen (secondary N) is 1. The van der Waals surface area contributed by atoms with Crippen LogP contribution >= 0.6 is 0 Å². The Labute approximate surface area is 106 Å². The Morgan fingerprint density at radius 3 is 2.83 bits per heavy atom. The maximum atomic E-state index is 9.74. The topological polar surface area (TPSA) is 90.9 Å². The van der Waals surface area contributed by atoms with E-state index in [1.165, 1.54) is 0 Å². The Bertz CT molecular complexity index is 430. The molecule has 5 heteroatoms. The molecule has 1 atom stereocenters. The first-order valence-electron chi connectivity index (χ1n) is 6.17. The number of amidine groups is 1. The van der Waals surface area contributed by atoms with Gasteiger partial charge in [-0.15, -0.1) is 0 Å². The van der Waals surface area contributed by atoms with Crippen molar-refractivity contribution in [2.45, 2.75) is 25.5 Å². The molecule has 2 rings (SSSR count). The van der Waals surface area contributed by atoms with Crippen LogP contribution in [-0.4, -0.2) is 28.8 Å². The molecule has 0 aromatic heterocycles. The highest BCUT2D eigenvalue weighted by molar-refractivity contribution is 5.98. The quantitative estimate of drug-likeness (QED) is 0.258. The molecule has 1 aromatic rings. The molecule has 1 fully saturated rings. The monoisotopic (exact) mass is 249 g/mol. The molecule has 5 nitrogen and oxygen atoms in total. The fraction of sp³-hybridized carbons (Fsp3) is 0.462. The van der Waals surface area contributed by atoms with Crippen LogP contribution < -0.4 is 11.1 Å². The molecule has 18 heavy (non-hydrogen) atoms. The highest BCUT2D eigenvalue weighted by atomic mass is 16.4. The van der Waals surface area contributed by atoms with Gasteiger partial charge < -0.3 is 21.4 Å². The fourth-order valence-electron chi connectivity index (χ4n) is 1.98. The highest BCUT2D eigenvalue weighted by Gasteiger charge is 2.29. The number of benzene rings is 1. The lowest BCUT2D eigenvalue weighted by molar-refractivity contribution is 0.148. The zero-order valence-corrected chi connectivity index (χ0v) is 10.2. The summed E-state index contributed by atoms with van der Waals surface area (Å²) in [6, 6.07) is 7.48. The van der Waals surface area contributed by atoms with Gasteiger partial charge in [-0.25, -0.2) is 0 Å². The van der Waals surface area contributed by atoms with E-state index in [2.05, 4.69) is 10.5 Å². The molecule has 0 amide bonds. The van der Waals surface area contributed by atoms with Gasteiger partial charge in [0.25, 0.3) is 0 Å². The SMILES string of the molecule is NC(=NO)c1ccccc1CNCC(O)C1CC1. The lowest BCUT2D eigenvalue weighted by atomic mass is 10.1. The van der Waals surface area contributed by atoms with Crippen LogP contribution in [0.15, 0.2) is 29.4 Å². The minimum Gasteiger partial charge on any atom is -0.409 e. The van der Waals surface area contributed by atoms with E-state index in [-0.39, 0.29) is 11.9 Å². The Balaban J connectivity index is 1.91. The van der Waals surface area contributed by atoms with Gasteiger partial charge in [0.1, 0.15) is 0 Å². The minimum atomic E-state index is -0.263. The van der Waals surface area contributed by atoms with Crippen molar-refractivity contribution in [2.75, 3.05) is 6.54 Å². The second-order valence-electron chi connectivity index (χ2n) is 4.68. The van der Waals surface area contributed by atoms with E-state index >= 15 is 0 Å². The number of aliphatic hydroxyl groups excluding tert-OH is 1. The number of rotatable bonds is 6. The first-order valence-corrected chi connectivity index (χ1v) is 6.17. The van der Waals surface area contributed by atoms with Crippen molar-refractivity contribution >= 4 is 5.84 Å². The predicted octanol–water partition coefficient (Wildman–Crippen LogP) is 0.642. The summed E-state index contributed by atoms with van der Waals surface area (Å²) in [6.07, 6.45) is 1.99. The molecule has 98 valence electrons. The molecule has 1 aliphatic carbocycles. The first kappa shape index (κ1) is 12.9.